The lowest BCUT2D eigenvalue weighted by molar-refractivity contribution is -0.120. The van der Waals surface area contributed by atoms with Gasteiger partial charge in [0.25, 0.3) is 0 Å². The predicted molar refractivity (Wildman–Crippen MR) is 88.1 cm³/mol. The van der Waals surface area contributed by atoms with Crippen molar-refractivity contribution in [1.29, 1.82) is 0 Å². The maximum Gasteiger partial charge on any atom is 0.364 e. The fraction of sp³-hybridized carbons (Fsp3) is 0.375. The summed E-state index contributed by atoms with van der Waals surface area (Å²) in [5, 5.41) is 19.9. The number of fused-ring (bicyclic) bond motifs is 1. The van der Waals surface area contributed by atoms with Crippen molar-refractivity contribution < 1.29 is 14.7 Å². The van der Waals surface area contributed by atoms with Gasteiger partial charge < -0.3 is 10.4 Å². The molecule has 0 aromatic heterocycles. The van der Waals surface area contributed by atoms with E-state index in [1.165, 1.54) is 0 Å². The number of halogens is 1. The predicted octanol–water partition coefficient (Wildman–Crippen LogP) is 4.59. The molecule has 120 valence electrons. The number of rotatable bonds is 2. The van der Waals surface area contributed by atoms with Crippen LogP contribution in [0.4, 0.5) is 10.5 Å². The van der Waals surface area contributed by atoms with Gasteiger partial charge in [0.05, 0.1) is 0 Å². The highest BCUT2D eigenvalue weighted by molar-refractivity contribution is 9.10. The summed E-state index contributed by atoms with van der Waals surface area (Å²) < 4.78 is 0.822. The Hall–Kier alpha value is -2.02. The van der Waals surface area contributed by atoms with Gasteiger partial charge in [0, 0.05) is 22.0 Å². The maximum atomic E-state index is 12.3. The molecule has 2 atom stereocenters. The molecule has 1 fully saturated rings. The minimum absolute atomic E-state index is 0.0151. The minimum atomic E-state index is -0.689. The molecule has 0 spiro atoms. The maximum absolute atomic E-state index is 12.3. The van der Waals surface area contributed by atoms with Crippen LogP contribution < -0.4 is 5.32 Å². The van der Waals surface area contributed by atoms with E-state index in [2.05, 4.69) is 31.5 Å². The number of carbonyl (C=O) groups excluding carboxylic acids is 2. The summed E-state index contributed by atoms with van der Waals surface area (Å²) in [4.78, 5) is 24.1. The number of benzene rings is 1. The summed E-state index contributed by atoms with van der Waals surface area (Å²) >= 11 is 3.31. The molecule has 23 heavy (non-hydrogen) atoms. The molecule has 1 saturated carbocycles. The molecular weight excluding hydrogens is 362 g/mol. The molecule has 0 heterocycles. The number of anilines is 1. The fourth-order valence-corrected chi connectivity index (χ4v) is 3.56. The molecule has 2 amide bonds. The highest BCUT2D eigenvalue weighted by Crippen LogP contribution is 2.42. The number of nitrogens with zero attached hydrogens (tertiary/aromatic N) is 2. The standard InChI is InChI=1S/C16H16BrN3O3/c17-9-4-3-5-10(8-9)18-16(23)20-19-13-14(21)11-6-1-2-7-12(11)15(13)22/h3-5,8,11-12,21H,1-2,6-7H2,(H,18,23). The van der Waals surface area contributed by atoms with Gasteiger partial charge in [-0.15, -0.1) is 5.11 Å². The highest BCUT2D eigenvalue weighted by Gasteiger charge is 2.43. The van der Waals surface area contributed by atoms with Crippen LogP contribution in [0.1, 0.15) is 25.7 Å². The first-order chi connectivity index (χ1) is 11.1. The van der Waals surface area contributed by atoms with Gasteiger partial charge in [0.2, 0.25) is 0 Å². The van der Waals surface area contributed by atoms with Gasteiger partial charge in [-0.05, 0) is 31.0 Å². The molecule has 1 aromatic carbocycles. The normalized spacial score (nSPS) is 24.1. The molecule has 7 heteroatoms. The largest absolute Gasteiger partial charge is 0.510 e. The van der Waals surface area contributed by atoms with Crippen molar-refractivity contribution in [2.75, 3.05) is 5.32 Å². The number of nitrogens with one attached hydrogen (secondary N) is 1. The number of hydrogen-bond acceptors (Lipinski definition) is 4. The van der Waals surface area contributed by atoms with Crippen molar-refractivity contribution in [3.8, 4) is 0 Å². The number of carbonyl (C=O) groups is 2. The molecule has 0 bridgehead atoms. The molecule has 6 nitrogen and oxygen atoms in total. The van der Waals surface area contributed by atoms with E-state index in [1.54, 1.807) is 18.2 Å². The van der Waals surface area contributed by atoms with Crippen LogP contribution in [0, 0.1) is 11.8 Å². The molecule has 1 aromatic rings. The van der Waals surface area contributed by atoms with Gasteiger partial charge >= 0.3 is 6.03 Å². The minimum Gasteiger partial charge on any atom is -0.510 e. The Morgan fingerprint density at radius 3 is 2.70 bits per heavy atom. The third-order valence-corrected chi connectivity index (χ3v) is 4.74. The van der Waals surface area contributed by atoms with E-state index in [0.717, 1.165) is 30.2 Å². The Labute approximate surface area is 141 Å². The number of allylic oxidation sites excluding steroid dienone is 2. The zero-order chi connectivity index (χ0) is 16.4. The van der Waals surface area contributed by atoms with Crippen LogP contribution in [-0.2, 0) is 4.79 Å². The summed E-state index contributed by atoms with van der Waals surface area (Å²) in [6.07, 6.45) is 3.52. The lowest BCUT2D eigenvalue weighted by Gasteiger charge is -2.23. The second-order valence-electron chi connectivity index (χ2n) is 5.74. The van der Waals surface area contributed by atoms with Crippen molar-refractivity contribution in [3.63, 3.8) is 0 Å². The Bertz CT molecular complexity index is 714. The molecule has 2 unspecified atom stereocenters. The molecule has 0 radical (unpaired) electrons. The van der Waals surface area contributed by atoms with Gasteiger partial charge in [0.15, 0.2) is 11.5 Å². The molecule has 0 saturated heterocycles. The Morgan fingerprint density at radius 2 is 2.00 bits per heavy atom. The molecule has 2 aliphatic rings. The molecular formula is C16H16BrN3O3. The number of aliphatic hydroxyl groups excluding tert-OH is 1. The van der Waals surface area contributed by atoms with E-state index < -0.39 is 6.03 Å². The van der Waals surface area contributed by atoms with Gasteiger partial charge in [-0.1, -0.05) is 40.0 Å². The molecule has 3 rings (SSSR count). The van der Waals surface area contributed by atoms with E-state index in [0.29, 0.717) is 5.69 Å². The van der Waals surface area contributed by atoms with Gasteiger partial charge in [-0.2, -0.15) is 0 Å². The quantitative estimate of drug-likeness (QED) is 0.738. The fourth-order valence-electron chi connectivity index (χ4n) is 3.16. The Kier molecular flexibility index (Phi) is 4.56. The summed E-state index contributed by atoms with van der Waals surface area (Å²) in [6.45, 7) is 0. The average molecular weight is 378 g/mol. The van der Waals surface area contributed by atoms with Crippen LogP contribution in [0.25, 0.3) is 0 Å². The molecule has 2 aliphatic carbocycles. The zero-order valence-electron chi connectivity index (χ0n) is 12.3. The van der Waals surface area contributed by atoms with Gasteiger partial charge in [0.1, 0.15) is 5.76 Å². The van der Waals surface area contributed by atoms with Crippen molar-refractivity contribution >= 4 is 33.4 Å². The van der Waals surface area contributed by atoms with Crippen molar-refractivity contribution in [2.45, 2.75) is 25.7 Å². The van der Waals surface area contributed by atoms with Gasteiger partial charge in [-0.3, -0.25) is 4.79 Å². The van der Waals surface area contributed by atoms with E-state index in [-0.39, 0.29) is 29.1 Å². The number of amides is 2. The first-order valence-electron chi connectivity index (χ1n) is 7.52. The topological polar surface area (TPSA) is 91.1 Å². The van der Waals surface area contributed by atoms with Crippen LogP contribution in [0.2, 0.25) is 0 Å². The van der Waals surface area contributed by atoms with Crippen LogP contribution in [0.15, 0.2) is 50.4 Å². The van der Waals surface area contributed by atoms with Crippen LogP contribution in [-0.4, -0.2) is 16.9 Å². The monoisotopic (exact) mass is 377 g/mol. The van der Waals surface area contributed by atoms with Crippen LogP contribution in [0.5, 0.6) is 0 Å². The third kappa shape index (κ3) is 3.34. The number of urea groups is 1. The van der Waals surface area contributed by atoms with Crippen LogP contribution >= 0.6 is 15.9 Å². The SMILES string of the molecule is O=C(N=NC1=C(O)C2CCCCC2C1=O)Nc1cccc(Br)c1. The Balaban J connectivity index is 1.70. The lowest BCUT2D eigenvalue weighted by Crippen LogP contribution is -2.21. The van der Waals surface area contributed by atoms with E-state index >= 15 is 0 Å². The van der Waals surface area contributed by atoms with Crippen molar-refractivity contribution in [1.82, 2.24) is 0 Å². The highest BCUT2D eigenvalue weighted by atomic mass is 79.9. The number of hydrogen-bond donors (Lipinski definition) is 2. The molecule has 2 N–H and O–H groups in total. The number of aliphatic hydroxyl groups is 1. The van der Waals surface area contributed by atoms with Gasteiger partial charge in [-0.25, -0.2) is 4.79 Å². The summed E-state index contributed by atoms with van der Waals surface area (Å²) in [5.74, 6) is -0.575. The van der Waals surface area contributed by atoms with E-state index in [4.69, 9.17) is 0 Å². The smallest absolute Gasteiger partial charge is 0.364 e. The molecule has 0 aliphatic heterocycles. The van der Waals surface area contributed by atoms with E-state index in [9.17, 15) is 14.7 Å². The third-order valence-electron chi connectivity index (χ3n) is 4.25. The van der Waals surface area contributed by atoms with Crippen LogP contribution in [0.3, 0.4) is 0 Å². The van der Waals surface area contributed by atoms with Crippen molar-refractivity contribution in [2.24, 2.45) is 22.1 Å². The second kappa shape index (κ2) is 6.62. The number of Topliss-reactive ketones (excluding diaryl/α,β-unsaturated/α-hetero) is 1. The number of ketones is 1. The first kappa shape index (κ1) is 15.9. The summed E-state index contributed by atoms with van der Waals surface area (Å²) in [7, 11) is 0. The van der Waals surface area contributed by atoms with E-state index in [1.807, 2.05) is 6.07 Å². The average Bonchev–Trinajstić information content (AvgIpc) is 2.77. The zero-order valence-corrected chi connectivity index (χ0v) is 13.9. The Morgan fingerprint density at radius 1 is 1.26 bits per heavy atom. The summed E-state index contributed by atoms with van der Waals surface area (Å²) in [5.41, 5.74) is 0.499. The number of azo groups is 1. The summed E-state index contributed by atoms with van der Waals surface area (Å²) in [6, 6.07) is 6.35. The lowest BCUT2D eigenvalue weighted by atomic mass is 9.80. The first-order valence-corrected chi connectivity index (χ1v) is 8.31. The second-order valence-corrected chi connectivity index (χ2v) is 6.65. The van der Waals surface area contributed by atoms with Crippen molar-refractivity contribution in [3.05, 3.63) is 40.2 Å².